The van der Waals surface area contributed by atoms with Crippen molar-refractivity contribution in [1.82, 2.24) is 5.32 Å². The fourth-order valence-corrected chi connectivity index (χ4v) is 3.98. The molecule has 1 fully saturated rings. The summed E-state index contributed by atoms with van der Waals surface area (Å²) in [7, 11) is 0. The van der Waals surface area contributed by atoms with Gasteiger partial charge in [-0.3, -0.25) is 4.79 Å². The van der Waals surface area contributed by atoms with Crippen molar-refractivity contribution in [3.05, 3.63) is 27.7 Å². The summed E-state index contributed by atoms with van der Waals surface area (Å²) in [6, 6.07) is 3.12. The summed E-state index contributed by atoms with van der Waals surface area (Å²) in [6.07, 6.45) is 8.18. The van der Waals surface area contributed by atoms with Crippen molar-refractivity contribution in [3.8, 4) is 0 Å². The van der Waals surface area contributed by atoms with Crippen molar-refractivity contribution in [3.63, 3.8) is 0 Å². The van der Waals surface area contributed by atoms with Crippen LogP contribution in [0.1, 0.15) is 42.5 Å². The van der Waals surface area contributed by atoms with E-state index in [-0.39, 0.29) is 10.7 Å². The molecule has 1 aromatic rings. The zero-order valence-electron chi connectivity index (χ0n) is 12.0. The Kier molecular flexibility index (Phi) is 5.69. The molecule has 0 radical (unpaired) electrons. The maximum atomic E-state index is 12.3. The predicted octanol–water partition coefficient (Wildman–Crippen LogP) is 4.37. The minimum atomic E-state index is -0.153. The Bertz CT molecular complexity index is 507. The van der Waals surface area contributed by atoms with E-state index in [0.29, 0.717) is 27.8 Å². The van der Waals surface area contributed by atoms with E-state index >= 15 is 0 Å². The first-order valence-electron chi connectivity index (χ1n) is 7.05. The fourth-order valence-electron chi connectivity index (χ4n) is 2.73. The second-order valence-corrected chi connectivity index (χ2v) is 7.55. The second kappa shape index (κ2) is 7.12. The first-order valence-corrected chi connectivity index (χ1v) is 9.03. The molecule has 1 aliphatic carbocycles. The number of thioether (sulfide) groups is 1. The van der Waals surface area contributed by atoms with Gasteiger partial charge in [-0.25, -0.2) is 0 Å². The molecule has 0 heterocycles. The van der Waals surface area contributed by atoms with Crippen LogP contribution in [0.2, 0.25) is 10.0 Å². The van der Waals surface area contributed by atoms with E-state index in [1.807, 2.05) is 11.8 Å². The number of halogens is 2. The van der Waals surface area contributed by atoms with Crippen LogP contribution in [0.5, 0.6) is 0 Å². The van der Waals surface area contributed by atoms with Gasteiger partial charge >= 0.3 is 0 Å². The molecule has 1 amide bonds. The van der Waals surface area contributed by atoms with E-state index in [1.54, 1.807) is 12.1 Å². The van der Waals surface area contributed by atoms with Gasteiger partial charge in [-0.1, -0.05) is 42.5 Å². The molecule has 0 aromatic heterocycles. The number of amides is 1. The average Bonchev–Trinajstić information content (AvgIpc) is 2.50. The molecule has 0 unspecified atom stereocenters. The lowest BCUT2D eigenvalue weighted by Gasteiger charge is -2.35. The molecule has 116 valence electrons. The first kappa shape index (κ1) is 16.8. The number of nitrogen functional groups attached to an aromatic ring is 1. The number of hydrogen-bond acceptors (Lipinski definition) is 3. The van der Waals surface area contributed by atoms with Gasteiger partial charge in [0.15, 0.2) is 0 Å². The molecule has 1 saturated carbocycles. The van der Waals surface area contributed by atoms with E-state index in [9.17, 15) is 4.79 Å². The zero-order valence-corrected chi connectivity index (χ0v) is 14.4. The number of benzene rings is 1. The van der Waals surface area contributed by atoms with Crippen LogP contribution in [0.25, 0.3) is 0 Å². The van der Waals surface area contributed by atoms with Gasteiger partial charge in [0.1, 0.15) is 0 Å². The number of hydrogen-bond donors (Lipinski definition) is 2. The number of nitrogens with one attached hydrogen (secondary N) is 1. The van der Waals surface area contributed by atoms with E-state index in [2.05, 4.69) is 11.6 Å². The van der Waals surface area contributed by atoms with E-state index < -0.39 is 0 Å². The molecule has 3 N–H and O–H groups in total. The smallest absolute Gasteiger partial charge is 0.251 e. The van der Waals surface area contributed by atoms with Crippen LogP contribution in [-0.4, -0.2) is 23.5 Å². The van der Waals surface area contributed by atoms with Crippen LogP contribution in [0.3, 0.4) is 0 Å². The first-order chi connectivity index (χ1) is 9.97. The van der Waals surface area contributed by atoms with Gasteiger partial charge in [-0.05, 0) is 31.2 Å². The number of rotatable bonds is 4. The summed E-state index contributed by atoms with van der Waals surface area (Å²) in [5.74, 6) is -0.153. The summed E-state index contributed by atoms with van der Waals surface area (Å²) >= 11 is 13.7. The number of carbonyl (C=O) groups excluding carboxylic acids is 1. The quantitative estimate of drug-likeness (QED) is 0.795. The van der Waals surface area contributed by atoms with Crippen molar-refractivity contribution in [1.29, 1.82) is 0 Å². The van der Waals surface area contributed by atoms with Crippen molar-refractivity contribution in [2.45, 2.75) is 36.9 Å². The molecule has 0 atom stereocenters. The van der Waals surface area contributed by atoms with Gasteiger partial charge in [0.2, 0.25) is 0 Å². The van der Waals surface area contributed by atoms with Crippen molar-refractivity contribution >= 4 is 46.6 Å². The van der Waals surface area contributed by atoms with Crippen LogP contribution in [0, 0.1) is 0 Å². The molecular formula is C15H20Cl2N2OS. The summed E-state index contributed by atoms with van der Waals surface area (Å²) in [4.78, 5) is 12.3. The molecule has 0 bridgehead atoms. The molecule has 0 saturated heterocycles. The van der Waals surface area contributed by atoms with Crippen LogP contribution in [0.15, 0.2) is 12.1 Å². The molecule has 1 aromatic carbocycles. The Hall–Kier alpha value is -0.580. The Balaban J connectivity index is 2.04. The summed E-state index contributed by atoms with van der Waals surface area (Å²) in [5.41, 5.74) is 6.53. The van der Waals surface area contributed by atoms with Gasteiger partial charge in [-0.2, -0.15) is 11.8 Å². The van der Waals surface area contributed by atoms with Crippen molar-refractivity contribution < 1.29 is 4.79 Å². The van der Waals surface area contributed by atoms with Crippen LogP contribution < -0.4 is 11.1 Å². The van der Waals surface area contributed by atoms with Gasteiger partial charge in [0, 0.05) is 16.9 Å². The van der Waals surface area contributed by atoms with Crippen molar-refractivity contribution in [2.24, 2.45) is 0 Å². The van der Waals surface area contributed by atoms with Gasteiger partial charge < -0.3 is 11.1 Å². The fraction of sp³-hybridized carbons (Fsp3) is 0.533. The molecule has 21 heavy (non-hydrogen) atoms. The molecule has 2 rings (SSSR count). The van der Waals surface area contributed by atoms with Crippen LogP contribution >= 0.6 is 35.0 Å². The third-order valence-corrected chi connectivity index (χ3v) is 6.32. The lowest BCUT2D eigenvalue weighted by Crippen LogP contribution is -2.41. The highest BCUT2D eigenvalue weighted by molar-refractivity contribution is 8.00. The molecule has 0 aliphatic heterocycles. The van der Waals surface area contributed by atoms with Crippen molar-refractivity contribution in [2.75, 3.05) is 18.5 Å². The highest BCUT2D eigenvalue weighted by Gasteiger charge is 2.31. The van der Waals surface area contributed by atoms with Gasteiger partial charge in [0.25, 0.3) is 5.91 Å². The van der Waals surface area contributed by atoms with Gasteiger partial charge in [0.05, 0.1) is 15.7 Å². The Morgan fingerprint density at radius 2 is 2.00 bits per heavy atom. The lowest BCUT2D eigenvalue weighted by molar-refractivity contribution is 0.0947. The highest BCUT2D eigenvalue weighted by atomic mass is 35.5. The molecule has 3 nitrogen and oxygen atoms in total. The Morgan fingerprint density at radius 3 is 2.57 bits per heavy atom. The third kappa shape index (κ3) is 3.99. The number of anilines is 1. The van der Waals surface area contributed by atoms with E-state index in [4.69, 9.17) is 28.9 Å². The Morgan fingerprint density at radius 1 is 1.33 bits per heavy atom. The standard InChI is InChI=1S/C15H20Cl2N2OS/c1-21-15(5-3-2-4-6-15)9-19-14(20)10-7-11(16)13(17)12(18)8-10/h7-8H,2-6,9,18H2,1H3,(H,19,20). The number of carbonyl (C=O) groups is 1. The summed E-state index contributed by atoms with van der Waals surface area (Å²) in [6.45, 7) is 0.674. The van der Waals surface area contributed by atoms with Crippen LogP contribution in [0.4, 0.5) is 5.69 Å². The maximum Gasteiger partial charge on any atom is 0.251 e. The predicted molar refractivity (Wildman–Crippen MR) is 92.5 cm³/mol. The topological polar surface area (TPSA) is 55.1 Å². The zero-order chi connectivity index (χ0) is 15.5. The van der Waals surface area contributed by atoms with E-state index in [1.165, 1.54) is 19.3 Å². The lowest BCUT2D eigenvalue weighted by atomic mass is 9.88. The van der Waals surface area contributed by atoms with Gasteiger partial charge in [-0.15, -0.1) is 0 Å². The Labute approximate surface area is 139 Å². The van der Waals surface area contributed by atoms with Crippen LogP contribution in [-0.2, 0) is 0 Å². The minimum absolute atomic E-state index is 0.153. The average molecular weight is 347 g/mol. The summed E-state index contributed by atoms with van der Waals surface area (Å²) in [5, 5.41) is 3.61. The third-order valence-electron chi connectivity index (χ3n) is 4.09. The normalized spacial score (nSPS) is 17.5. The second-order valence-electron chi connectivity index (χ2n) is 5.49. The molecule has 6 heteroatoms. The molecule has 0 spiro atoms. The SMILES string of the molecule is CSC1(CNC(=O)c2cc(N)c(Cl)c(Cl)c2)CCCCC1. The largest absolute Gasteiger partial charge is 0.397 e. The molecule has 1 aliphatic rings. The number of nitrogens with two attached hydrogens (primary N) is 1. The minimum Gasteiger partial charge on any atom is -0.397 e. The van der Waals surface area contributed by atoms with E-state index in [0.717, 1.165) is 12.8 Å². The molecular weight excluding hydrogens is 327 g/mol. The monoisotopic (exact) mass is 346 g/mol. The summed E-state index contributed by atoms with van der Waals surface area (Å²) < 4.78 is 0.162. The maximum absolute atomic E-state index is 12.3. The highest BCUT2D eigenvalue weighted by Crippen LogP contribution is 2.38.